The number of hydrogen-bond acceptors (Lipinski definition) is 3. The van der Waals surface area contributed by atoms with Crippen molar-refractivity contribution in [2.75, 3.05) is 39.8 Å². The molecule has 2 aromatic carbocycles. The highest BCUT2D eigenvalue weighted by Gasteiger charge is 2.36. The topological polar surface area (TPSA) is 26.8 Å². The number of benzene rings is 2. The highest BCUT2D eigenvalue weighted by molar-refractivity contribution is 6.42. The van der Waals surface area contributed by atoms with Gasteiger partial charge in [0, 0.05) is 25.6 Å². The Balaban J connectivity index is 1.47. The molecule has 4 rings (SSSR count). The van der Waals surface area contributed by atoms with Gasteiger partial charge in [-0.1, -0.05) is 59.6 Å². The standard InChI is InChI=1S/C26H33Cl2N3O/c1-29(17-20-11-12-23(27)24(28)16-20)19-26(32)31-15-7-10-22(21-8-3-2-4-9-21)25(31)18-30-13-5-6-14-30/h2-4,8-9,11-12,16,22,25H,5-7,10,13-15,17-19H2,1H3/t22-,25+/m1/s1. The number of likely N-dealkylation sites (N-methyl/N-ethyl adjacent to an activating group) is 1. The molecule has 0 spiro atoms. The van der Waals surface area contributed by atoms with Gasteiger partial charge in [0.05, 0.1) is 22.6 Å². The fourth-order valence-corrected chi connectivity index (χ4v) is 5.56. The third-order valence-corrected chi connectivity index (χ3v) is 7.55. The van der Waals surface area contributed by atoms with Gasteiger partial charge in [-0.2, -0.15) is 0 Å². The maximum atomic E-state index is 13.5. The Morgan fingerprint density at radius 2 is 1.75 bits per heavy atom. The normalized spacial score (nSPS) is 21.9. The second-order valence-corrected chi connectivity index (χ2v) is 10.1. The number of hydrogen-bond donors (Lipinski definition) is 0. The maximum absolute atomic E-state index is 13.5. The monoisotopic (exact) mass is 473 g/mol. The lowest BCUT2D eigenvalue weighted by atomic mass is 9.83. The Hall–Kier alpha value is -1.59. The van der Waals surface area contributed by atoms with Crippen molar-refractivity contribution in [1.29, 1.82) is 0 Å². The predicted molar refractivity (Wildman–Crippen MR) is 132 cm³/mol. The Morgan fingerprint density at radius 3 is 2.47 bits per heavy atom. The SMILES string of the molecule is CN(CC(=O)N1CCC[C@H](c2ccccc2)[C@@H]1CN1CCCC1)Cc1ccc(Cl)c(Cl)c1. The number of carbonyl (C=O) groups excluding carboxylic acids is 1. The van der Waals surface area contributed by atoms with Gasteiger partial charge < -0.3 is 9.80 Å². The molecule has 32 heavy (non-hydrogen) atoms. The first-order valence-electron chi connectivity index (χ1n) is 11.7. The molecule has 0 saturated carbocycles. The van der Waals surface area contributed by atoms with E-state index in [1.54, 1.807) is 0 Å². The van der Waals surface area contributed by atoms with Gasteiger partial charge in [0.1, 0.15) is 0 Å². The highest BCUT2D eigenvalue weighted by Crippen LogP contribution is 2.34. The van der Waals surface area contributed by atoms with E-state index >= 15 is 0 Å². The summed E-state index contributed by atoms with van der Waals surface area (Å²) in [6.07, 6.45) is 4.73. The van der Waals surface area contributed by atoms with Crippen molar-refractivity contribution in [3.8, 4) is 0 Å². The number of rotatable bonds is 7. The summed E-state index contributed by atoms with van der Waals surface area (Å²) in [7, 11) is 1.99. The van der Waals surface area contributed by atoms with Gasteiger partial charge in [-0.25, -0.2) is 0 Å². The largest absolute Gasteiger partial charge is 0.337 e. The molecule has 2 aromatic rings. The Bertz CT molecular complexity index is 901. The molecular weight excluding hydrogens is 441 g/mol. The molecule has 2 aliphatic heterocycles. The predicted octanol–water partition coefficient (Wildman–Crippen LogP) is 5.30. The minimum atomic E-state index is 0.220. The van der Waals surface area contributed by atoms with Gasteiger partial charge in [0.15, 0.2) is 0 Å². The smallest absolute Gasteiger partial charge is 0.237 e. The minimum absolute atomic E-state index is 0.220. The van der Waals surface area contributed by atoms with Gasteiger partial charge in [-0.3, -0.25) is 9.69 Å². The summed E-state index contributed by atoms with van der Waals surface area (Å²) >= 11 is 12.2. The summed E-state index contributed by atoms with van der Waals surface area (Å²) in [5, 5.41) is 1.11. The van der Waals surface area contributed by atoms with Crippen LogP contribution >= 0.6 is 23.2 Å². The van der Waals surface area contributed by atoms with Crippen molar-refractivity contribution < 1.29 is 4.79 Å². The first-order valence-corrected chi connectivity index (χ1v) is 12.5. The minimum Gasteiger partial charge on any atom is -0.337 e. The third-order valence-electron chi connectivity index (χ3n) is 6.81. The molecule has 2 atom stereocenters. The number of piperidine rings is 1. The van der Waals surface area contributed by atoms with E-state index in [0.29, 0.717) is 29.1 Å². The summed E-state index contributed by atoms with van der Waals surface area (Å²) in [6.45, 7) is 5.19. The Labute approximate surface area is 202 Å². The number of halogens is 2. The zero-order chi connectivity index (χ0) is 22.5. The molecule has 0 aromatic heterocycles. The molecule has 0 bridgehead atoms. The average Bonchev–Trinajstić information content (AvgIpc) is 3.30. The summed E-state index contributed by atoms with van der Waals surface area (Å²) in [4.78, 5) is 20.3. The number of likely N-dealkylation sites (tertiary alicyclic amines) is 2. The van der Waals surface area contributed by atoms with Crippen molar-refractivity contribution in [2.45, 2.75) is 44.2 Å². The van der Waals surface area contributed by atoms with Crippen LogP contribution in [0.3, 0.4) is 0 Å². The maximum Gasteiger partial charge on any atom is 0.237 e. The van der Waals surface area contributed by atoms with E-state index in [4.69, 9.17) is 23.2 Å². The van der Waals surface area contributed by atoms with Gasteiger partial charge in [-0.05, 0) is 69.1 Å². The third kappa shape index (κ3) is 5.85. The van der Waals surface area contributed by atoms with Crippen molar-refractivity contribution >= 4 is 29.1 Å². The Kier molecular flexibility index (Phi) is 8.12. The van der Waals surface area contributed by atoms with Crippen molar-refractivity contribution in [3.05, 3.63) is 69.7 Å². The molecule has 2 saturated heterocycles. The second kappa shape index (κ2) is 11.0. The van der Waals surface area contributed by atoms with Crippen LogP contribution in [-0.4, -0.2) is 66.4 Å². The van der Waals surface area contributed by atoms with Crippen LogP contribution in [0.1, 0.15) is 42.7 Å². The molecule has 2 heterocycles. The molecule has 4 nitrogen and oxygen atoms in total. The zero-order valence-electron chi connectivity index (χ0n) is 18.9. The van der Waals surface area contributed by atoms with E-state index < -0.39 is 0 Å². The number of nitrogens with zero attached hydrogens (tertiary/aromatic N) is 3. The highest BCUT2D eigenvalue weighted by atomic mass is 35.5. The van der Waals surface area contributed by atoms with Crippen LogP contribution in [-0.2, 0) is 11.3 Å². The fraction of sp³-hybridized carbons (Fsp3) is 0.500. The van der Waals surface area contributed by atoms with Crippen LogP contribution in [0.4, 0.5) is 0 Å². The van der Waals surface area contributed by atoms with Crippen LogP contribution in [0, 0.1) is 0 Å². The summed E-state index contributed by atoms with van der Waals surface area (Å²) < 4.78 is 0. The summed E-state index contributed by atoms with van der Waals surface area (Å²) in [5.41, 5.74) is 2.42. The van der Waals surface area contributed by atoms with Crippen LogP contribution in [0.5, 0.6) is 0 Å². The van der Waals surface area contributed by atoms with Gasteiger partial charge in [-0.15, -0.1) is 0 Å². The first-order chi connectivity index (χ1) is 15.5. The molecular formula is C26H33Cl2N3O. The lowest BCUT2D eigenvalue weighted by Gasteiger charge is -2.44. The molecule has 6 heteroatoms. The van der Waals surface area contributed by atoms with E-state index in [-0.39, 0.29) is 11.9 Å². The molecule has 0 N–H and O–H groups in total. The van der Waals surface area contributed by atoms with Crippen LogP contribution in [0.15, 0.2) is 48.5 Å². The van der Waals surface area contributed by atoms with Crippen molar-refractivity contribution in [3.63, 3.8) is 0 Å². The molecule has 0 aliphatic carbocycles. The molecule has 2 fully saturated rings. The van der Waals surface area contributed by atoms with Crippen LogP contribution in [0.2, 0.25) is 10.0 Å². The van der Waals surface area contributed by atoms with Gasteiger partial charge >= 0.3 is 0 Å². The van der Waals surface area contributed by atoms with E-state index in [2.05, 4.69) is 45.0 Å². The number of amides is 1. The molecule has 1 amide bonds. The molecule has 2 aliphatic rings. The zero-order valence-corrected chi connectivity index (χ0v) is 20.4. The van der Waals surface area contributed by atoms with Crippen molar-refractivity contribution in [2.24, 2.45) is 0 Å². The second-order valence-electron chi connectivity index (χ2n) is 9.24. The van der Waals surface area contributed by atoms with E-state index in [1.165, 1.54) is 18.4 Å². The molecule has 0 unspecified atom stereocenters. The van der Waals surface area contributed by atoms with Crippen LogP contribution in [0.25, 0.3) is 0 Å². The lowest BCUT2D eigenvalue weighted by Crippen LogP contribution is -2.54. The molecule has 172 valence electrons. The van der Waals surface area contributed by atoms with Crippen LogP contribution < -0.4 is 0 Å². The van der Waals surface area contributed by atoms with E-state index in [0.717, 1.165) is 44.6 Å². The van der Waals surface area contributed by atoms with Gasteiger partial charge in [0.25, 0.3) is 0 Å². The Morgan fingerprint density at radius 1 is 1.00 bits per heavy atom. The molecule has 0 radical (unpaired) electrons. The number of carbonyl (C=O) groups is 1. The average molecular weight is 474 g/mol. The van der Waals surface area contributed by atoms with Crippen molar-refractivity contribution in [1.82, 2.24) is 14.7 Å². The summed E-state index contributed by atoms with van der Waals surface area (Å²) in [6, 6.07) is 16.7. The van der Waals surface area contributed by atoms with E-state index in [9.17, 15) is 4.79 Å². The fourth-order valence-electron chi connectivity index (χ4n) is 5.24. The quantitative estimate of drug-likeness (QED) is 0.545. The summed E-state index contributed by atoms with van der Waals surface area (Å²) in [5.74, 6) is 0.618. The first kappa shape index (κ1) is 23.6. The lowest BCUT2D eigenvalue weighted by molar-refractivity contribution is -0.137. The van der Waals surface area contributed by atoms with E-state index in [1.807, 2.05) is 25.2 Å². The van der Waals surface area contributed by atoms with Gasteiger partial charge in [0.2, 0.25) is 5.91 Å².